The maximum absolute atomic E-state index is 11.3. The molecule has 0 bridgehead atoms. The van der Waals surface area contributed by atoms with Gasteiger partial charge in [0.25, 0.3) is 5.97 Å². The summed E-state index contributed by atoms with van der Waals surface area (Å²) in [7, 11) is 0. The Balaban J connectivity index is 0. The topological polar surface area (TPSA) is 75.6 Å². The van der Waals surface area contributed by atoms with Crippen molar-refractivity contribution in [3.8, 4) is 12.3 Å². The van der Waals surface area contributed by atoms with E-state index in [-0.39, 0.29) is 11.3 Å². The maximum atomic E-state index is 11.3. The highest BCUT2D eigenvalue weighted by Crippen LogP contribution is 2.14. The molecule has 20 heavy (non-hydrogen) atoms. The number of aliphatic carboxylic acids is 1. The van der Waals surface area contributed by atoms with Gasteiger partial charge in [0.1, 0.15) is 0 Å². The van der Waals surface area contributed by atoms with Crippen LogP contribution >= 0.6 is 0 Å². The number of nitrogens with one attached hydrogen (secondary N) is 1. The number of carbonyl (C=O) groups excluding carboxylic acids is 1. The lowest BCUT2D eigenvalue weighted by molar-refractivity contribution is -0.134. The quantitative estimate of drug-likeness (QED) is 0.529. The van der Waals surface area contributed by atoms with E-state index in [4.69, 9.17) is 21.1 Å². The van der Waals surface area contributed by atoms with Gasteiger partial charge in [0.15, 0.2) is 0 Å². The molecular weight excluding hydrogens is 258 g/mol. The number of hydrogen-bond donors (Lipinski definition) is 2. The third-order valence-corrected chi connectivity index (χ3v) is 2.10. The van der Waals surface area contributed by atoms with Crippen LogP contribution in [0.15, 0.2) is 0 Å². The lowest BCUT2D eigenvalue weighted by atomic mass is 9.95. The van der Waals surface area contributed by atoms with Crippen LogP contribution in [-0.4, -0.2) is 36.7 Å². The monoisotopic (exact) mass is 285 g/mol. The molecule has 0 saturated heterocycles. The highest BCUT2D eigenvalue weighted by atomic mass is 16.5. The van der Waals surface area contributed by atoms with Gasteiger partial charge in [-0.1, -0.05) is 20.8 Å². The zero-order valence-corrected chi connectivity index (χ0v) is 13.0. The van der Waals surface area contributed by atoms with Crippen LogP contribution in [0.2, 0.25) is 0 Å². The van der Waals surface area contributed by atoms with Crippen molar-refractivity contribution >= 4 is 11.9 Å². The highest BCUT2D eigenvalue weighted by molar-refractivity contribution is 5.76. The molecule has 0 radical (unpaired) electrons. The second-order valence-corrected chi connectivity index (χ2v) is 5.22. The fourth-order valence-electron chi connectivity index (χ4n) is 1.16. The van der Waals surface area contributed by atoms with E-state index in [1.807, 2.05) is 0 Å². The van der Waals surface area contributed by atoms with E-state index in [1.54, 1.807) is 0 Å². The van der Waals surface area contributed by atoms with Crippen molar-refractivity contribution in [1.82, 2.24) is 5.32 Å². The summed E-state index contributed by atoms with van der Waals surface area (Å²) in [6, 6.07) is 0. The molecule has 0 aromatic heterocycles. The van der Waals surface area contributed by atoms with E-state index in [1.165, 1.54) is 0 Å². The molecule has 0 aliphatic heterocycles. The molecule has 0 saturated carbocycles. The van der Waals surface area contributed by atoms with Crippen molar-refractivity contribution in [2.45, 2.75) is 47.0 Å². The minimum absolute atomic E-state index is 0.0153. The Labute approximate surface area is 122 Å². The van der Waals surface area contributed by atoms with Gasteiger partial charge in [-0.05, 0) is 6.42 Å². The molecule has 0 atom stereocenters. The first-order valence-electron chi connectivity index (χ1n) is 6.72. The van der Waals surface area contributed by atoms with E-state index in [0.29, 0.717) is 26.0 Å². The predicted molar refractivity (Wildman–Crippen MR) is 79.3 cm³/mol. The van der Waals surface area contributed by atoms with Crippen molar-refractivity contribution in [3.63, 3.8) is 0 Å². The van der Waals surface area contributed by atoms with E-state index in [2.05, 4.69) is 32.0 Å². The summed E-state index contributed by atoms with van der Waals surface area (Å²) in [5, 5.41) is 10.3. The molecule has 0 fully saturated rings. The summed E-state index contributed by atoms with van der Waals surface area (Å²) in [5.74, 6) is 1.63. The van der Waals surface area contributed by atoms with Crippen LogP contribution < -0.4 is 5.32 Å². The molecule has 0 rings (SSSR count). The fourth-order valence-corrected chi connectivity index (χ4v) is 1.16. The lowest BCUT2D eigenvalue weighted by Gasteiger charge is -2.24. The highest BCUT2D eigenvalue weighted by Gasteiger charge is 2.18. The first kappa shape index (κ1) is 20.8. The van der Waals surface area contributed by atoms with E-state index >= 15 is 0 Å². The Kier molecular flexibility index (Phi) is 13.0. The van der Waals surface area contributed by atoms with Gasteiger partial charge in [-0.3, -0.25) is 9.59 Å². The summed E-state index contributed by atoms with van der Waals surface area (Å²) in [6.45, 7) is 9.37. The van der Waals surface area contributed by atoms with Gasteiger partial charge in [0.05, 0.1) is 6.61 Å². The normalized spacial score (nSPS) is 9.95. The van der Waals surface area contributed by atoms with Gasteiger partial charge in [0.2, 0.25) is 5.91 Å². The van der Waals surface area contributed by atoms with Crippen molar-refractivity contribution in [3.05, 3.63) is 0 Å². The molecule has 2 N–H and O–H groups in total. The molecule has 0 heterocycles. The molecule has 0 spiro atoms. The minimum Gasteiger partial charge on any atom is -0.481 e. The predicted octanol–water partition coefficient (Wildman–Crippen LogP) is 2.06. The van der Waals surface area contributed by atoms with Gasteiger partial charge < -0.3 is 15.2 Å². The third kappa shape index (κ3) is 18.8. The maximum Gasteiger partial charge on any atom is 0.300 e. The van der Waals surface area contributed by atoms with Crippen molar-refractivity contribution in [2.24, 2.45) is 5.41 Å². The minimum atomic E-state index is -0.833. The molecule has 116 valence electrons. The van der Waals surface area contributed by atoms with Crippen LogP contribution in [0.3, 0.4) is 0 Å². The number of carboxylic acids is 1. The van der Waals surface area contributed by atoms with Crippen LogP contribution in [0.25, 0.3) is 0 Å². The van der Waals surface area contributed by atoms with Gasteiger partial charge >= 0.3 is 0 Å². The second-order valence-electron chi connectivity index (χ2n) is 5.22. The summed E-state index contributed by atoms with van der Waals surface area (Å²) in [4.78, 5) is 20.3. The summed E-state index contributed by atoms with van der Waals surface area (Å²) >= 11 is 0. The van der Waals surface area contributed by atoms with Crippen molar-refractivity contribution in [1.29, 1.82) is 0 Å². The molecule has 0 unspecified atom stereocenters. The number of hydrogen-bond acceptors (Lipinski definition) is 3. The van der Waals surface area contributed by atoms with E-state index < -0.39 is 5.97 Å². The molecule has 0 aliphatic rings. The van der Waals surface area contributed by atoms with E-state index in [0.717, 1.165) is 20.0 Å². The standard InChI is InChI=1S/C13H23NO2.C2H4O2/c1-5-7-8-12(15)14-10-13(3,4)11-16-9-6-2;1-2(3)4/h1H,6-11H2,2-4H3,(H,14,15);1H3,(H,3,4). The first-order chi connectivity index (χ1) is 9.25. The van der Waals surface area contributed by atoms with Crippen molar-refractivity contribution < 1.29 is 19.4 Å². The third-order valence-electron chi connectivity index (χ3n) is 2.10. The van der Waals surface area contributed by atoms with Crippen LogP contribution in [0.5, 0.6) is 0 Å². The molecule has 0 aliphatic carbocycles. The molecule has 0 aromatic rings. The Morgan fingerprint density at radius 1 is 1.40 bits per heavy atom. The van der Waals surface area contributed by atoms with Gasteiger partial charge in [-0.25, -0.2) is 0 Å². The van der Waals surface area contributed by atoms with Gasteiger partial charge in [-0.2, -0.15) is 0 Å². The Morgan fingerprint density at radius 2 is 1.95 bits per heavy atom. The summed E-state index contributed by atoms with van der Waals surface area (Å²) < 4.78 is 5.48. The number of amides is 1. The van der Waals surface area contributed by atoms with Crippen LogP contribution in [0, 0.1) is 17.8 Å². The van der Waals surface area contributed by atoms with Gasteiger partial charge in [-0.15, -0.1) is 12.3 Å². The Hall–Kier alpha value is -1.54. The Morgan fingerprint density at radius 3 is 2.40 bits per heavy atom. The van der Waals surface area contributed by atoms with Crippen molar-refractivity contribution in [2.75, 3.05) is 19.8 Å². The summed E-state index contributed by atoms with van der Waals surface area (Å²) in [5.41, 5.74) is -0.0268. The average Bonchev–Trinajstić information content (AvgIpc) is 2.33. The second kappa shape index (κ2) is 12.5. The molecular formula is C15H27NO4. The average molecular weight is 285 g/mol. The van der Waals surface area contributed by atoms with Crippen LogP contribution in [0.1, 0.15) is 47.0 Å². The largest absolute Gasteiger partial charge is 0.481 e. The number of carboxylic acid groups (broad SMARTS) is 1. The smallest absolute Gasteiger partial charge is 0.300 e. The number of carbonyl (C=O) groups is 2. The molecule has 1 amide bonds. The summed E-state index contributed by atoms with van der Waals surface area (Å²) in [6.07, 6.45) is 7.01. The zero-order valence-electron chi connectivity index (χ0n) is 13.0. The van der Waals surface area contributed by atoms with Crippen LogP contribution in [-0.2, 0) is 14.3 Å². The number of terminal acetylenes is 1. The van der Waals surface area contributed by atoms with E-state index in [9.17, 15) is 4.79 Å². The number of rotatable bonds is 8. The SMILES string of the molecule is C#CCCC(=O)NCC(C)(C)COCCC.CC(=O)O. The molecule has 0 aromatic carbocycles. The Bertz CT molecular complexity index is 314. The number of ether oxygens (including phenoxy) is 1. The molecule has 5 heteroatoms. The van der Waals surface area contributed by atoms with Crippen LogP contribution in [0.4, 0.5) is 0 Å². The lowest BCUT2D eigenvalue weighted by Crippen LogP contribution is -2.36. The molecule has 5 nitrogen and oxygen atoms in total. The zero-order chi connectivity index (χ0) is 16.0. The first-order valence-corrected chi connectivity index (χ1v) is 6.72. The van der Waals surface area contributed by atoms with Gasteiger partial charge in [0, 0.05) is 38.3 Å². The fraction of sp³-hybridized carbons (Fsp3) is 0.733.